The van der Waals surface area contributed by atoms with Crippen LogP contribution in [-0.4, -0.2) is 0 Å². The third-order valence-corrected chi connectivity index (χ3v) is 13.4. The van der Waals surface area contributed by atoms with Crippen molar-refractivity contribution >= 4 is 38.6 Å². The van der Waals surface area contributed by atoms with Gasteiger partial charge in [0.1, 0.15) is 0 Å². The fraction of sp³-hybridized carbons (Fsp3) is 0.0159. The first-order valence-electron chi connectivity index (χ1n) is 22.2. The quantitative estimate of drug-likeness (QED) is 0.138. The Hall–Kier alpha value is -8.26. The molecule has 0 unspecified atom stereocenters. The highest BCUT2D eigenvalue weighted by Gasteiger charge is 2.46. The zero-order valence-electron chi connectivity index (χ0n) is 35.3. The summed E-state index contributed by atoms with van der Waals surface area (Å²) in [5.41, 5.74) is 17.6. The Morgan fingerprint density at radius 2 is 0.688 bits per heavy atom. The van der Waals surface area contributed by atoms with Crippen molar-refractivity contribution in [2.45, 2.75) is 5.41 Å². The summed E-state index contributed by atoms with van der Waals surface area (Å²) in [7, 11) is 0. The molecule has 0 radical (unpaired) electrons. The Kier molecular flexibility index (Phi) is 9.13. The van der Waals surface area contributed by atoms with Gasteiger partial charge in [-0.2, -0.15) is 0 Å². The fourth-order valence-corrected chi connectivity index (χ4v) is 10.5. The Bertz CT molecular complexity index is 3420. The Morgan fingerprint density at radius 3 is 1.31 bits per heavy atom. The zero-order valence-corrected chi connectivity index (χ0v) is 35.3. The van der Waals surface area contributed by atoms with Crippen LogP contribution < -0.4 is 4.90 Å². The Morgan fingerprint density at radius 1 is 0.250 bits per heavy atom. The number of rotatable bonds is 8. The zero-order chi connectivity index (χ0) is 42.5. The second kappa shape index (κ2) is 15.6. The summed E-state index contributed by atoms with van der Waals surface area (Å²) < 4.78 is 0. The summed E-state index contributed by atoms with van der Waals surface area (Å²) in [6.45, 7) is 0. The van der Waals surface area contributed by atoms with Gasteiger partial charge in [-0.05, 0) is 131 Å². The van der Waals surface area contributed by atoms with Crippen molar-refractivity contribution < 1.29 is 0 Å². The summed E-state index contributed by atoms with van der Waals surface area (Å²) >= 11 is 0. The number of nitrogens with zero attached hydrogens (tertiary/aromatic N) is 1. The molecule has 11 aromatic rings. The van der Waals surface area contributed by atoms with Crippen LogP contribution in [0.15, 0.2) is 261 Å². The minimum atomic E-state index is -0.512. The summed E-state index contributed by atoms with van der Waals surface area (Å²) in [6.07, 6.45) is 0. The highest BCUT2D eigenvalue weighted by molar-refractivity contribution is 6.13. The second-order valence-electron chi connectivity index (χ2n) is 16.8. The normalized spacial score (nSPS) is 12.5. The third kappa shape index (κ3) is 6.08. The molecule has 0 saturated heterocycles. The van der Waals surface area contributed by atoms with Crippen LogP contribution in [0.4, 0.5) is 17.1 Å². The molecule has 1 aliphatic carbocycles. The fourth-order valence-electron chi connectivity index (χ4n) is 10.5. The first-order chi connectivity index (χ1) is 31.8. The van der Waals surface area contributed by atoms with Crippen LogP contribution in [0.2, 0.25) is 0 Å². The van der Waals surface area contributed by atoms with Gasteiger partial charge in [-0.1, -0.05) is 218 Å². The van der Waals surface area contributed by atoms with Gasteiger partial charge in [0.25, 0.3) is 0 Å². The van der Waals surface area contributed by atoms with E-state index < -0.39 is 5.41 Å². The first-order valence-corrected chi connectivity index (χ1v) is 22.2. The predicted octanol–water partition coefficient (Wildman–Crippen LogP) is 16.8. The molecule has 0 atom stereocenters. The highest BCUT2D eigenvalue weighted by atomic mass is 15.1. The Labute approximate surface area is 374 Å². The largest absolute Gasteiger partial charge is 0.310 e. The van der Waals surface area contributed by atoms with Crippen LogP contribution in [-0.2, 0) is 5.41 Å². The van der Waals surface area contributed by atoms with E-state index in [0.717, 1.165) is 17.1 Å². The lowest BCUT2D eigenvalue weighted by molar-refractivity contribution is 0.768. The number of benzene rings is 11. The molecule has 0 bridgehead atoms. The SMILES string of the molecule is c1ccc(-c2ccccc2-c2ccc(N(c3ccc(-c4cc5ccccc5c5ccccc45)cc3)c3ccc4c(c3)C(c3ccccc3)(c3ccccc3)c3ccccc3-4)cc2)cc1. The predicted molar refractivity (Wildman–Crippen MR) is 270 cm³/mol. The van der Waals surface area contributed by atoms with E-state index in [1.807, 2.05) is 0 Å². The molecule has 0 spiro atoms. The Balaban J connectivity index is 1.05. The van der Waals surface area contributed by atoms with Crippen molar-refractivity contribution in [2.24, 2.45) is 0 Å². The average molecular weight is 814 g/mol. The molecule has 11 aromatic carbocycles. The standard InChI is InChI=1S/C63H43N/c1-4-18-44(19-5-1)53-25-12-13-26-54(53)45-32-36-50(37-33-45)64(51-38-34-46(35-39-51)60-42-47-20-10-11-27-55(47)56-28-14-15-29-57(56)60)52-40-41-59-58-30-16-17-31-61(58)63(62(59)43-52,48-21-6-2-7-22-48)49-23-8-3-9-24-49/h1-43H. The number of hydrogen-bond donors (Lipinski definition) is 0. The summed E-state index contributed by atoms with van der Waals surface area (Å²) in [5.74, 6) is 0. The van der Waals surface area contributed by atoms with Crippen LogP contribution >= 0.6 is 0 Å². The van der Waals surface area contributed by atoms with Crippen molar-refractivity contribution in [1.29, 1.82) is 0 Å². The van der Waals surface area contributed by atoms with Crippen molar-refractivity contribution in [1.82, 2.24) is 0 Å². The van der Waals surface area contributed by atoms with Gasteiger partial charge in [-0.3, -0.25) is 0 Å². The highest BCUT2D eigenvalue weighted by Crippen LogP contribution is 2.57. The van der Waals surface area contributed by atoms with Crippen LogP contribution in [0.25, 0.3) is 66.1 Å². The maximum absolute atomic E-state index is 2.46. The van der Waals surface area contributed by atoms with Crippen LogP contribution in [0.5, 0.6) is 0 Å². The monoisotopic (exact) mass is 813 g/mol. The van der Waals surface area contributed by atoms with Crippen molar-refractivity contribution in [3.8, 4) is 44.5 Å². The second-order valence-corrected chi connectivity index (χ2v) is 16.8. The number of anilines is 3. The molecule has 300 valence electrons. The molecule has 1 heteroatoms. The summed E-state index contributed by atoms with van der Waals surface area (Å²) in [5, 5.41) is 5.05. The molecule has 1 aliphatic rings. The smallest absolute Gasteiger partial charge is 0.0714 e. The van der Waals surface area contributed by atoms with E-state index in [4.69, 9.17) is 0 Å². The molecule has 12 rings (SSSR count). The summed E-state index contributed by atoms with van der Waals surface area (Å²) in [6, 6.07) is 95.8. The molecule has 1 nitrogen and oxygen atoms in total. The maximum atomic E-state index is 2.46. The van der Waals surface area contributed by atoms with E-state index in [2.05, 4.69) is 266 Å². The molecule has 0 fully saturated rings. The molecule has 0 aromatic heterocycles. The molecule has 0 amide bonds. The van der Waals surface area contributed by atoms with Gasteiger partial charge in [0, 0.05) is 17.1 Å². The van der Waals surface area contributed by atoms with Gasteiger partial charge >= 0.3 is 0 Å². The molecule has 0 aliphatic heterocycles. The van der Waals surface area contributed by atoms with E-state index in [9.17, 15) is 0 Å². The third-order valence-electron chi connectivity index (χ3n) is 13.4. The minimum absolute atomic E-state index is 0.512. The van der Waals surface area contributed by atoms with E-state index >= 15 is 0 Å². The van der Waals surface area contributed by atoms with Crippen LogP contribution in [0.3, 0.4) is 0 Å². The average Bonchev–Trinajstić information content (AvgIpc) is 3.68. The van der Waals surface area contributed by atoms with Crippen molar-refractivity contribution in [3.63, 3.8) is 0 Å². The van der Waals surface area contributed by atoms with E-state index in [1.165, 1.54) is 88.3 Å². The summed E-state index contributed by atoms with van der Waals surface area (Å²) in [4.78, 5) is 2.43. The lowest BCUT2D eigenvalue weighted by atomic mass is 9.67. The lowest BCUT2D eigenvalue weighted by Gasteiger charge is -2.35. The van der Waals surface area contributed by atoms with Gasteiger partial charge in [-0.15, -0.1) is 0 Å². The first kappa shape index (κ1) is 37.5. The lowest BCUT2D eigenvalue weighted by Crippen LogP contribution is -2.28. The van der Waals surface area contributed by atoms with Gasteiger partial charge in [0.15, 0.2) is 0 Å². The molecule has 0 heterocycles. The topological polar surface area (TPSA) is 3.24 Å². The van der Waals surface area contributed by atoms with E-state index in [-0.39, 0.29) is 0 Å². The molecular weight excluding hydrogens is 771 g/mol. The molecule has 0 saturated carbocycles. The van der Waals surface area contributed by atoms with Gasteiger partial charge in [0.05, 0.1) is 5.41 Å². The number of fused-ring (bicyclic) bond motifs is 6. The van der Waals surface area contributed by atoms with Crippen molar-refractivity contribution in [3.05, 3.63) is 283 Å². The van der Waals surface area contributed by atoms with E-state index in [1.54, 1.807) is 0 Å². The van der Waals surface area contributed by atoms with Crippen molar-refractivity contribution in [2.75, 3.05) is 4.90 Å². The van der Waals surface area contributed by atoms with Crippen LogP contribution in [0, 0.1) is 0 Å². The van der Waals surface area contributed by atoms with Gasteiger partial charge in [-0.25, -0.2) is 0 Å². The van der Waals surface area contributed by atoms with Gasteiger partial charge in [0.2, 0.25) is 0 Å². The van der Waals surface area contributed by atoms with E-state index in [0.29, 0.717) is 0 Å². The maximum Gasteiger partial charge on any atom is 0.0714 e. The molecule has 0 N–H and O–H groups in total. The molecular formula is C63H43N. The molecule has 64 heavy (non-hydrogen) atoms. The minimum Gasteiger partial charge on any atom is -0.310 e. The van der Waals surface area contributed by atoms with Crippen LogP contribution in [0.1, 0.15) is 22.3 Å². The van der Waals surface area contributed by atoms with Gasteiger partial charge < -0.3 is 4.90 Å². The number of hydrogen-bond acceptors (Lipinski definition) is 1.